The molecule has 0 saturated heterocycles. The van der Waals surface area contributed by atoms with E-state index in [9.17, 15) is 8.42 Å². The van der Waals surface area contributed by atoms with Crippen molar-refractivity contribution in [2.45, 2.75) is 25.0 Å². The van der Waals surface area contributed by atoms with Gasteiger partial charge < -0.3 is 4.52 Å². The summed E-state index contributed by atoms with van der Waals surface area (Å²) in [5.41, 5.74) is 0.540. The van der Waals surface area contributed by atoms with Crippen molar-refractivity contribution in [1.29, 1.82) is 0 Å². The third-order valence-electron chi connectivity index (χ3n) is 2.09. The Bertz CT molecular complexity index is 617. The maximum atomic E-state index is 11.3. The first-order valence-electron chi connectivity index (χ1n) is 4.70. The Kier molecular flexibility index (Phi) is 2.92. The number of aromatic nitrogens is 4. The van der Waals surface area contributed by atoms with Crippen LogP contribution < -0.4 is 0 Å². The summed E-state index contributed by atoms with van der Waals surface area (Å²) in [5, 5.41) is 10.6. The summed E-state index contributed by atoms with van der Waals surface area (Å²) in [4.78, 5) is 0. The highest BCUT2D eigenvalue weighted by molar-refractivity contribution is 8.13. The molecule has 9 heteroatoms. The quantitative estimate of drug-likeness (QED) is 0.788. The third-order valence-corrected chi connectivity index (χ3v) is 3.22. The van der Waals surface area contributed by atoms with Gasteiger partial charge in [-0.15, -0.1) is 10.2 Å². The van der Waals surface area contributed by atoms with Gasteiger partial charge in [0.1, 0.15) is 6.26 Å². The van der Waals surface area contributed by atoms with E-state index in [1.807, 2.05) is 0 Å². The van der Waals surface area contributed by atoms with Crippen LogP contribution in [0.4, 0.5) is 0 Å². The lowest BCUT2D eigenvalue weighted by Gasteiger charge is -2.10. The van der Waals surface area contributed by atoms with Crippen molar-refractivity contribution in [2.24, 2.45) is 0 Å². The molecule has 7 nitrogen and oxygen atoms in total. The maximum Gasteiger partial charge on any atom is 0.296 e. The van der Waals surface area contributed by atoms with Crippen LogP contribution in [-0.2, 0) is 9.05 Å². The van der Waals surface area contributed by atoms with Gasteiger partial charge in [-0.1, -0.05) is 5.16 Å². The average Bonchev–Trinajstić information content (AvgIpc) is 2.84. The van der Waals surface area contributed by atoms with Crippen molar-refractivity contribution in [3.63, 3.8) is 0 Å². The second kappa shape index (κ2) is 4.11. The molecule has 0 aromatic carbocycles. The van der Waals surface area contributed by atoms with Gasteiger partial charge in [0.15, 0.2) is 5.82 Å². The summed E-state index contributed by atoms with van der Waals surface area (Å²) < 4.78 is 28.8. The van der Waals surface area contributed by atoms with Crippen LogP contribution in [0.25, 0.3) is 11.4 Å². The highest BCUT2D eigenvalue weighted by atomic mass is 35.7. The Morgan fingerprint density at radius 3 is 2.59 bits per heavy atom. The number of halogens is 1. The van der Waals surface area contributed by atoms with Crippen LogP contribution in [0.3, 0.4) is 0 Å². The molecule has 0 atom stereocenters. The zero-order valence-corrected chi connectivity index (χ0v) is 10.6. The molecule has 2 aromatic rings. The number of nitrogens with zero attached hydrogens (tertiary/aromatic N) is 4. The van der Waals surface area contributed by atoms with Crippen molar-refractivity contribution >= 4 is 19.7 Å². The molecule has 0 radical (unpaired) electrons. The van der Waals surface area contributed by atoms with Gasteiger partial charge in [-0.3, -0.25) is 4.57 Å². The average molecular weight is 277 g/mol. The molecule has 0 N–H and O–H groups in total. The summed E-state index contributed by atoms with van der Waals surface area (Å²) in [6.45, 7) is 3.60. The SMILES string of the molecule is CC(C)n1c(-c2cnoc2)nnc1S(=O)(=O)Cl. The Hall–Kier alpha value is -1.41. The molecule has 92 valence electrons. The standard InChI is InChI=1S/C8H9ClN4O3S/c1-5(2)13-7(6-3-10-16-4-6)11-12-8(13)17(9,14)15/h3-5H,1-2H3. The van der Waals surface area contributed by atoms with E-state index < -0.39 is 9.05 Å². The van der Waals surface area contributed by atoms with Crippen LogP contribution in [-0.4, -0.2) is 28.3 Å². The van der Waals surface area contributed by atoms with E-state index in [0.717, 1.165) is 0 Å². The molecule has 0 bridgehead atoms. The lowest BCUT2D eigenvalue weighted by molar-refractivity contribution is 0.420. The zero-order valence-electron chi connectivity index (χ0n) is 9.03. The second-order valence-corrected chi connectivity index (χ2v) is 6.08. The molecule has 17 heavy (non-hydrogen) atoms. The molecular formula is C8H9ClN4O3S. The zero-order chi connectivity index (χ0) is 12.6. The maximum absolute atomic E-state index is 11.3. The van der Waals surface area contributed by atoms with E-state index in [0.29, 0.717) is 11.4 Å². The molecule has 2 aromatic heterocycles. The molecule has 0 saturated carbocycles. The molecule has 2 heterocycles. The van der Waals surface area contributed by atoms with Gasteiger partial charge in [0.05, 0.1) is 11.8 Å². The lowest BCUT2D eigenvalue weighted by Crippen LogP contribution is -2.09. The number of rotatable bonds is 3. The fraction of sp³-hybridized carbons (Fsp3) is 0.375. The van der Waals surface area contributed by atoms with Crippen LogP contribution in [0, 0.1) is 0 Å². The van der Waals surface area contributed by atoms with Crippen LogP contribution in [0.1, 0.15) is 19.9 Å². The molecule has 0 fully saturated rings. The third kappa shape index (κ3) is 2.18. The van der Waals surface area contributed by atoms with Crippen molar-refractivity contribution in [3.8, 4) is 11.4 Å². The normalized spacial score (nSPS) is 12.2. The van der Waals surface area contributed by atoms with Gasteiger partial charge in [0.2, 0.25) is 0 Å². The predicted octanol–water partition coefficient (Wildman–Crippen LogP) is 1.44. The van der Waals surface area contributed by atoms with Crippen molar-refractivity contribution in [3.05, 3.63) is 12.5 Å². The Morgan fingerprint density at radius 2 is 2.12 bits per heavy atom. The molecule has 0 unspecified atom stereocenters. The van der Waals surface area contributed by atoms with E-state index in [1.54, 1.807) is 13.8 Å². The molecular weight excluding hydrogens is 268 g/mol. The lowest BCUT2D eigenvalue weighted by atomic mass is 10.3. The monoisotopic (exact) mass is 276 g/mol. The minimum absolute atomic E-state index is 0.168. The van der Waals surface area contributed by atoms with Gasteiger partial charge in [0.25, 0.3) is 14.2 Å². The first-order valence-corrected chi connectivity index (χ1v) is 7.01. The van der Waals surface area contributed by atoms with E-state index in [1.165, 1.54) is 17.0 Å². The van der Waals surface area contributed by atoms with Gasteiger partial charge in [-0.05, 0) is 13.8 Å². The molecule has 0 spiro atoms. The van der Waals surface area contributed by atoms with E-state index >= 15 is 0 Å². The predicted molar refractivity (Wildman–Crippen MR) is 58.9 cm³/mol. The number of hydrogen-bond donors (Lipinski definition) is 0. The summed E-state index contributed by atoms with van der Waals surface area (Å²) in [6, 6.07) is -0.168. The van der Waals surface area contributed by atoms with Crippen LogP contribution >= 0.6 is 10.7 Å². The smallest absolute Gasteiger partial charge is 0.296 e. The Labute approximate surface area is 102 Å². The summed E-state index contributed by atoms with van der Waals surface area (Å²) in [6.07, 6.45) is 2.78. The van der Waals surface area contributed by atoms with Crippen molar-refractivity contribution in [2.75, 3.05) is 0 Å². The molecule has 0 aliphatic carbocycles. The van der Waals surface area contributed by atoms with Gasteiger partial charge in [-0.2, -0.15) is 0 Å². The van der Waals surface area contributed by atoms with E-state index in [4.69, 9.17) is 10.7 Å². The minimum atomic E-state index is -3.94. The van der Waals surface area contributed by atoms with Gasteiger partial charge >= 0.3 is 0 Å². The largest absolute Gasteiger partial charge is 0.364 e. The molecule has 0 aliphatic rings. The first-order chi connectivity index (χ1) is 7.91. The topological polar surface area (TPSA) is 90.9 Å². The van der Waals surface area contributed by atoms with Crippen molar-refractivity contribution < 1.29 is 12.9 Å². The molecule has 2 rings (SSSR count). The summed E-state index contributed by atoms with van der Waals surface area (Å²) >= 11 is 0. The minimum Gasteiger partial charge on any atom is -0.364 e. The van der Waals surface area contributed by atoms with Gasteiger partial charge in [0, 0.05) is 16.7 Å². The first kappa shape index (κ1) is 12.1. The Morgan fingerprint density at radius 1 is 1.41 bits per heavy atom. The highest BCUT2D eigenvalue weighted by Gasteiger charge is 2.25. The van der Waals surface area contributed by atoms with Crippen molar-refractivity contribution in [1.82, 2.24) is 19.9 Å². The second-order valence-electron chi connectivity index (χ2n) is 3.62. The van der Waals surface area contributed by atoms with E-state index in [-0.39, 0.29) is 11.2 Å². The number of hydrogen-bond acceptors (Lipinski definition) is 6. The summed E-state index contributed by atoms with van der Waals surface area (Å²) in [5.74, 6) is 0.348. The molecule has 0 aliphatic heterocycles. The Balaban J connectivity index is 2.68. The van der Waals surface area contributed by atoms with Crippen LogP contribution in [0.15, 0.2) is 22.1 Å². The van der Waals surface area contributed by atoms with E-state index in [2.05, 4.69) is 19.9 Å². The van der Waals surface area contributed by atoms with Crippen LogP contribution in [0.5, 0.6) is 0 Å². The van der Waals surface area contributed by atoms with Gasteiger partial charge in [-0.25, -0.2) is 8.42 Å². The van der Waals surface area contributed by atoms with Crippen LogP contribution in [0.2, 0.25) is 0 Å². The fourth-order valence-corrected chi connectivity index (χ4v) is 2.41. The molecule has 0 amide bonds. The summed E-state index contributed by atoms with van der Waals surface area (Å²) in [7, 11) is 1.35. The highest BCUT2D eigenvalue weighted by Crippen LogP contribution is 2.25. The fourth-order valence-electron chi connectivity index (χ4n) is 1.42.